The Morgan fingerprint density at radius 3 is 2.68 bits per heavy atom. The Hall–Kier alpha value is -0.900. The molecule has 3 nitrogen and oxygen atoms in total. The van der Waals surface area contributed by atoms with E-state index in [0.717, 1.165) is 26.1 Å². The minimum absolute atomic E-state index is 0.274. The fourth-order valence-corrected chi connectivity index (χ4v) is 3.10. The van der Waals surface area contributed by atoms with Crippen LogP contribution in [0.1, 0.15) is 31.4 Å². The lowest BCUT2D eigenvalue weighted by molar-refractivity contribution is 0.114. The van der Waals surface area contributed by atoms with E-state index in [4.69, 9.17) is 0 Å². The monoisotopic (exact) mass is 262 g/mol. The lowest BCUT2D eigenvalue weighted by Crippen LogP contribution is -2.42. The van der Waals surface area contributed by atoms with Gasteiger partial charge in [0.15, 0.2) is 0 Å². The lowest BCUT2D eigenvalue weighted by atomic mass is 10.0. The van der Waals surface area contributed by atoms with Crippen molar-refractivity contribution in [3.05, 3.63) is 35.9 Å². The van der Waals surface area contributed by atoms with Gasteiger partial charge in [-0.25, -0.2) is 0 Å². The largest absolute Gasteiger partial charge is 0.396 e. The zero-order valence-corrected chi connectivity index (χ0v) is 12.1. The molecular formula is C16H26N2O. The summed E-state index contributed by atoms with van der Waals surface area (Å²) < 4.78 is 0. The molecular weight excluding hydrogens is 236 g/mol. The third-order valence-electron chi connectivity index (χ3n) is 4.19. The molecule has 1 N–H and O–H groups in total. The number of nitrogens with zero attached hydrogens (tertiary/aromatic N) is 2. The molecule has 1 aliphatic rings. The standard InChI is InChI=1S/C16H26N2O/c1-14(15-7-4-3-5-8-15)18-11-6-10-17(2)13-16(18)9-12-19/h3-5,7-8,14,16,19H,6,9-13H2,1-2H3. The first-order valence-electron chi connectivity index (χ1n) is 7.32. The highest BCUT2D eigenvalue weighted by molar-refractivity contribution is 5.18. The third-order valence-corrected chi connectivity index (χ3v) is 4.19. The van der Waals surface area contributed by atoms with Crippen LogP contribution in [0, 0.1) is 0 Å². The highest BCUT2D eigenvalue weighted by Crippen LogP contribution is 2.25. The van der Waals surface area contributed by atoms with Gasteiger partial charge in [0, 0.05) is 31.8 Å². The molecule has 2 atom stereocenters. The maximum absolute atomic E-state index is 9.32. The average molecular weight is 262 g/mol. The smallest absolute Gasteiger partial charge is 0.0446 e. The van der Waals surface area contributed by atoms with Crippen LogP contribution in [0.25, 0.3) is 0 Å². The van der Waals surface area contributed by atoms with Gasteiger partial charge in [-0.3, -0.25) is 4.90 Å². The van der Waals surface area contributed by atoms with Gasteiger partial charge in [0.05, 0.1) is 0 Å². The summed E-state index contributed by atoms with van der Waals surface area (Å²) in [5.74, 6) is 0. The SMILES string of the molecule is CC(c1ccccc1)N1CCCN(C)CC1CCO. The van der Waals surface area contributed by atoms with Crippen molar-refractivity contribution in [3.8, 4) is 0 Å². The van der Waals surface area contributed by atoms with Crippen LogP contribution in [0.5, 0.6) is 0 Å². The number of aliphatic hydroxyl groups is 1. The van der Waals surface area contributed by atoms with Gasteiger partial charge in [-0.1, -0.05) is 30.3 Å². The van der Waals surface area contributed by atoms with Crippen LogP contribution >= 0.6 is 0 Å². The highest BCUT2D eigenvalue weighted by Gasteiger charge is 2.27. The van der Waals surface area contributed by atoms with Crippen LogP contribution in [0.4, 0.5) is 0 Å². The van der Waals surface area contributed by atoms with E-state index in [-0.39, 0.29) is 6.61 Å². The maximum atomic E-state index is 9.32. The van der Waals surface area contributed by atoms with Crippen LogP contribution < -0.4 is 0 Å². The van der Waals surface area contributed by atoms with Crippen LogP contribution in [-0.4, -0.2) is 54.2 Å². The van der Waals surface area contributed by atoms with Crippen LogP contribution in [0.2, 0.25) is 0 Å². The molecule has 2 rings (SSSR count). The second-order valence-electron chi connectivity index (χ2n) is 5.61. The van der Waals surface area contributed by atoms with Gasteiger partial charge in [0.2, 0.25) is 0 Å². The molecule has 0 radical (unpaired) electrons. The first kappa shape index (κ1) is 14.5. The molecule has 0 amide bonds. The molecule has 3 heteroatoms. The minimum atomic E-state index is 0.274. The van der Waals surface area contributed by atoms with Crippen molar-refractivity contribution in [2.24, 2.45) is 0 Å². The molecule has 0 spiro atoms. The Morgan fingerprint density at radius 2 is 2.00 bits per heavy atom. The molecule has 1 saturated heterocycles. The van der Waals surface area contributed by atoms with Gasteiger partial charge in [-0.15, -0.1) is 0 Å². The number of aliphatic hydroxyl groups excluding tert-OH is 1. The van der Waals surface area contributed by atoms with Crippen LogP contribution in [-0.2, 0) is 0 Å². The third kappa shape index (κ3) is 3.78. The van der Waals surface area contributed by atoms with Gasteiger partial charge in [0.1, 0.15) is 0 Å². The zero-order valence-electron chi connectivity index (χ0n) is 12.1. The van der Waals surface area contributed by atoms with Crippen molar-refractivity contribution in [2.45, 2.75) is 31.8 Å². The van der Waals surface area contributed by atoms with Crippen molar-refractivity contribution < 1.29 is 5.11 Å². The molecule has 2 unspecified atom stereocenters. The van der Waals surface area contributed by atoms with E-state index in [1.54, 1.807) is 0 Å². The Bertz CT molecular complexity index is 368. The van der Waals surface area contributed by atoms with E-state index >= 15 is 0 Å². The Kier molecular flexibility index (Phi) is 5.37. The Labute approximate surface area is 116 Å². The summed E-state index contributed by atoms with van der Waals surface area (Å²) in [4.78, 5) is 4.95. The molecule has 1 heterocycles. The second-order valence-corrected chi connectivity index (χ2v) is 5.61. The molecule has 1 aliphatic heterocycles. The predicted molar refractivity (Wildman–Crippen MR) is 79.2 cm³/mol. The fourth-order valence-electron chi connectivity index (χ4n) is 3.10. The predicted octanol–water partition coefficient (Wildman–Crippen LogP) is 2.14. The summed E-state index contributed by atoms with van der Waals surface area (Å²) in [6.07, 6.45) is 2.07. The van der Waals surface area contributed by atoms with Gasteiger partial charge < -0.3 is 10.0 Å². The number of hydrogen-bond donors (Lipinski definition) is 1. The topological polar surface area (TPSA) is 26.7 Å². The van der Waals surface area contributed by atoms with Crippen molar-refractivity contribution >= 4 is 0 Å². The molecule has 0 saturated carbocycles. The zero-order chi connectivity index (χ0) is 13.7. The van der Waals surface area contributed by atoms with Gasteiger partial charge in [0.25, 0.3) is 0 Å². The van der Waals surface area contributed by atoms with E-state index < -0.39 is 0 Å². The summed E-state index contributed by atoms with van der Waals surface area (Å²) >= 11 is 0. The quantitative estimate of drug-likeness (QED) is 0.900. The summed E-state index contributed by atoms with van der Waals surface area (Å²) in [5.41, 5.74) is 1.37. The molecule has 1 aromatic carbocycles. The van der Waals surface area contributed by atoms with Crippen molar-refractivity contribution in [1.82, 2.24) is 9.80 Å². The van der Waals surface area contributed by atoms with Gasteiger partial charge >= 0.3 is 0 Å². The van der Waals surface area contributed by atoms with E-state index in [0.29, 0.717) is 12.1 Å². The van der Waals surface area contributed by atoms with Crippen LogP contribution in [0.15, 0.2) is 30.3 Å². The van der Waals surface area contributed by atoms with E-state index in [9.17, 15) is 5.11 Å². The average Bonchev–Trinajstić information content (AvgIpc) is 2.61. The van der Waals surface area contributed by atoms with Crippen molar-refractivity contribution in [1.29, 1.82) is 0 Å². The Morgan fingerprint density at radius 1 is 1.26 bits per heavy atom. The number of rotatable bonds is 4. The van der Waals surface area contributed by atoms with Gasteiger partial charge in [-0.05, 0) is 38.9 Å². The molecule has 106 valence electrons. The summed E-state index contributed by atoms with van der Waals surface area (Å²) in [6.45, 7) is 5.88. The molecule has 1 fully saturated rings. The summed E-state index contributed by atoms with van der Waals surface area (Å²) in [5, 5.41) is 9.32. The molecule has 0 bridgehead atoms. The molecule has 1 aromatic rings. The van der Waals surface area contributed by atoms with Crippen molar-refractivity contribution in [3.63, 3.8) is 0 Å². The van der Waals surface area contributed by atoms with Crippen LogP contribution in [0.3, 0.4) is 0 Å². The van der Waals surface area contributed by atoms with Crippen molar-refractivity contribution in [2.75, 3.05) is 33.3 Å². The molecule has 19 heavy (non-hydrogen) atoms. The number of likely N-dealkylation sites (N-methyl/N-ethyl adjacent to an activating group) is 1. The first-order chi connectivity index (χ1) is 9.22. The first-order valence-corrected chi connectivity index (χ1v) is 7.32. The second kappa shape index (κ2) is 7.04. The van der Waals surface area contributed by atoms with E-state index in [1.165, 1.54) is 12.0 Å². The number of benzene rings is 1. The Balaban J connectivity index is 2.14. The fraction of sp³-hybridized carbons (Fsp3) is 0.625. The minimum Gasteiger partial charge on any atom is -0.396 e. The number of hydrogen-bond acceptors (Lipinski definition) is 3. The molecule has 0 aromatic heterocycles. The van der Waals surface area contributed by atoms with Gasteiger partial charge in [-0.2, -0.15) is 0 Å². The van der Waals surface area contributed by atoms with E-state index in [1.807, 2.05) is 0 Å². The summed E-state index contributed by atoms with van der Waals surface area (Å²) in [7, 11) is 2.18. The maximum Gasteiger partial charge on any atom is 0.0446 e. The summed E-state index contributed by atoms with van der Waals surface area (Å²) in [6, 6.07) is 11.6. The lowest BCUT2D eigenvalue weighted by Gasteiger charge is -2.35. The normalized spacial score (nSPS) is 24.1. The van der Waals surface area contributed by atoms with E-state index in [2.05, 4.69) is 54.1 Å². The molecule has 0 aliphatic carbocycles. The highest BCUT2D eigenvalue weighted by atomic mass is 16.3.